The third-order valence-electron chi connectivity index (χ3n) is 6.13. The van der Waals surface area contributed by atoms with Crippen LogP contribution >= 0.6 is 11.6 Å². The van der Waals surface area contributed by atoms with Gasteiger partial charge in [-0.05, 0) is 43.2 Å². The largest absolute Gasteiger partial charge is 0.330 e. The monoisotopic (exact) mass is 419 g/mol. The fraction of sp³-hybridized carbons (Fsp3) is 0.292. The molecule has 152 valence electrons. The van der Waals surface area contributed by atoms with Gasteiger partial charge in [0, 0.05) is 34.2 Å². The van der Waals surface area contributed by atoms with Crippen LogP contribution in [0.4, 0.5) is 5.69 Å². The fourth-order valence-corrected chi connectivity index (χ4v) is 4.76. The summed E-state index contributed by atoms with van der Waals surface area (Å²) in [6, 6.07) is 14.8. The zero-order chi connectivity index (χ0) is 20.7. The van der Waals surface area contributed by atoms with Crippen molar-refractivity contribution in [2.24, 2.45) is 0 Å². The van der Waals surface area contributed by atoms with E-state index in [0.29, 0.717) is 34.0 Å². The van der Waals surface area contributed by atoms with E-state index in [1.54, 1.807) is 24.3 Å². The number of rotatable bonds is 3. The van der Waals surface area contributed by atoms with E-state index in [4.69, 9.17) is 11.6 Å². The molecule has 0 unspecified atom stereocenters. The van der Waals surface area contributed by atoms with E-state index >= 15 is 0 Å². The Bertz CT molecular complexity index is 1140. The average Bonchev–Trinajstić information content (AvgIpc) is 3.10. The fourth-order valence-electron chi connectivity index (χ4n) is 4.63. The summed E-state index contributed by atoms with van der Waals surface area (Å²) < 4.78 is 0. The molecule has 2 aliphatic rings. The van der Waals surface area contributed by atoms with Gasteiger partial charge in [-0.15, -0.1) is 0 Å². The van der Waals surface area contributed by atoms with Crippen LogP contribution in [0.5, 0.6) is 0 Å². The van der Waals surface area contributed by atoms with E-state index in [2.05, 4.69) is 10.3 Å². The van der Waals surface area contributed by atoms with Gasteiger partial charge < -0.3 is 10.2 Å². The Morgan fingerprint density at radius 1 is 1.03 bits per heavy atom. The molecule has 1 aliphatic heterocycles. The molecule has 2 heterocycles. The molecule has 1 N–H and O–H groups in total. The van der Waals surface area contributed by atoms with Crippen molar-refractivity contribution >= 4 is 40.0 Å². The van der Waals surface area contributed by atoms with Crippen LogP contribution in [0, 0.1) is 0 Å². The number of carbonyl (C=O) groups excluding carboxylic acids is 2. The average molecular weight is 420 g/mol. The minimum atomic E-state index is -0.231. The molecule has 5 nitrogen and oxygen atoms in total. The van der Waals surface area contributed by atoms with Crippen LogP contribution in [-0.4, -0.2) is 27.7 Å². The number of carbonyl (C=O) groups is 2. The van der Waals surface area contributed by atoms with Crippen LogP contribution < -0.4 is 5.32 Å². The molecule has 30 heavy (non-hydrogen) atoms. The predicted octanol–water partition coefficient (Wildman–Crippen LogP) is 5.43. The number of nitrogens with zero attached hydrogens (tertiary/aromatic N) is 2. The Hall–Kier alpha value is -2.92. The van der Waals surface area contributed by atoms with Crippen LogP contribution in [0.3, 0.4) is 0 Å². The van der Waals surface area contributed by atoms with E-state index in [1.807, 2.05) is 29.2 Å². The standard InChI is InChI=1S/C24H22ClN3O2/c25-15-10-12-16(13-11-15)26-23(29)21-18-8-4-5-9-20(18)27-22-19(21)14-28(24(22)30)17-6-2-1-3-7-17/h4-5,8-13,17H,1-3,6-7,14H2,(H,26,29). The zero-order valence-corrected chi connectivity index (χ0v) is 17.3. The molecule has 0 atom stereocenters. The number of aromatic nitrogens is 1. The van der Waals surface area contributed by atoms with Gasteiger partial charge in [0.1, 0.15) is 5.69 Å². The van der Waals surface area contributed by atoms with Crippen LogP contribution in [0.15, 0.2) is 48.5 Å². The molecule has 0 bridgehead atoms. The summed E-state index contributed by atoms with van der Waals surface area (Å²) in [5, 5.41) is 4.33. The van der Waals surface area contributed by atoms with Gasteiger partial charge in [-0.2, -0.15) is 0 Å². The molecular formula is C24H22ClN3O2. The predicted molar refractivity (Wildman–Crippen MR) is 118 cm³/mol. The SMILES string of the molecule is O=C(Nc1ccc(Cl)cc1)c1c2c(nc3ccccc13)C(=O)N(C1CCCCC1)C2. The van der Waals surface area contributed by atoms with Crippen molar-refractivity contribution < 1.29 is 9.59 Å². The lowest BCUT2D eigenvalue weighted by atomic mass is 9.94. The molecule has 2 amide bonds. The van der Waals surface area contributed by atoms with Gasteiger partial charge >= 0.3 is 0 Å². The summed E-state index contributed by atoms with van der Waals surface area (Å²) in [5.74, 6) is -0.284. The zero-order valence-electron chi connectivity index (χ0n) is 16.5. The Labute approximate surface area is 180 Å². The molecule has 0 saturated heterocycles. The van der Waals surface area contributed by atoms with Gasteiger partial charge in [0.25, 0.3) is 11.8 Å². The number of fused-ring (bicyclic) bond motifs is 2. The molecule has 1 aromatic heterocycles. The summed E-state index contributed by atoms with van der Waals surface area (Å²) in [6.45, 7) is 0.444. The summed E-state index contributed by atoms with van der Waals surface area (Å²) in [4.78, 5) is 33.2. The highest BCUT2D eigenvalue weighted by atomic mass is 35.5. The highest BCUT2D eigenvalue weighted by Gasteiger charge is 2.38. The number of hydrogen-bond donors (Lipinski definition) is 1. The summed E-state index contributed by atoms with van der Waals surface area (Å²) in [5.41, 5.74) is 3.01. The molecule has 6 heteroatoms. The Kier molecular flexibility index (Phi) is 4.91. The molecule has 3 aromatic rings. The first-order valence-corrected chi connectivity index (χ1v) is 10.8. The number of anilines is 1. The second-order valence-electron chi connectivity index (χ2n) is 8.02. The van der Waals surface area contributed by atoms with E-state index in [9.17, 15) is 9.59 Å². The van der Waals surface area contributed by atoms with Crippen LogP contribution in [-0.2, 0) is 6.54 Å². The molecule has 1 fully saturated rings. The first-order valence-electron chi connectivity index (χ1n) is 10.4. The van der Waals surface area contributed by atoms with Crippen molar-refractivity contribution in [2.75, 3.05) is 5.32 Å². The van der Waals surface area contributed by atoms with Crippen LogP contribution in [0.25, 0.3) is 10.9 Å². The van der Waals surface area contributed by atoms with Crippen LogP contribution in [0.2, 0.25) is 5.02 Å². The van der Waals surface area contributed by atoms with Crippen molar-refractivity contribution in [3.63, 3.8) is 0 Å². The Morgan fingerprint density at radius 3 is 2.53 bits per heavy atom. The molecular weight excluding hydrogens is 398 g/mol. The van der Waals surface area contributed by atoms with Gasteiger partial charge in [-0.25, -0.2) is 4.98 Å². The number of pyridine rings is 1. The van der Waals surface area contributed by atoms with E-state index in [1.165, 1.54) is 6.42 Å². The van der Waals surface area contributed by atoms with Gasteiger partial charge in [0.2, 0.25) is 0 Å². The van der Waals surface area contributed by atoms with E-state index < -0.39 is 0 Å². The van der Waals surface area contributed by atoms with Gasteiger partial charge in [-0.3, -0.25) is 9.59 Å². The molecule has 0 radical (unpaired) electrons. The van der Waals surface area contributed by atoms with Crippen LogP contribution in [0.1, 0.15) is 58.5 Å². The highest BCUT2D eigenvalue weighted by Crippen LogP contribution is 2.35. The van der Waals surface area contributed by atoms with Gasteiger partial charge in [0.15, 0.2) is 0 Å². The quantitative estimate of drug-likeness (QED) is 0.615. The Balaban J connectivity index is 1.57. The minimum Gasteiger partial charge on any atom is -0.330 e. The molecule has 0 spiro atoms. The molecule has 1 saturated carbocycles. The molecule has 5 rings (SSSR count). The maximum atomic E-state index is 13.4. The normalized spacial score (nSPS) is 16.7. The minimum absolute atomic E-state index is 0.0526. The summed E-state index contributed by atoms with van der Waals surface area (Å²) >= 11 is 5.96. The lowest BCUT2D eigenvalue weighted by Crippen LogP contribution is -2.37. The van der Waals surface area contributed by atoms with Gasteiger partial charge in [0.05, 0.1) is 11.1 Å². The maximum Gasteiger partial charge on any atom is 0.273 e. The number of hydrogen-bond acceptors (Lipinski definition) is 3. The van der Waals surface area contributed by atoms with Crippen molar-refractivity contribution in [1.82, 2.24) is 9.88 Å². The number of halogens is 1. The summed E-state index contributed by atoms with van der Waals surface area (Å²) in [7, 11) is 0. The summed E-state index contributed by atoms with van der Waals surface area (Å²) in [6.07, 6.45) is 5.55. The second kappa shape index (κ2) is 7.73. The second-order valence-corrected chi connectivity index (χ2v) is 8.45. The first kappa shape index (κ1) is 19.1. The maximum absolute atomic E-state index is 13.4. The topological polar surface area (TPSA) is 62.3 Å². The number of amides is 2. The molecule has 2 aromatic carbocycles. The number of para-hydroxylation sites is 1. The highest BCUT2D eigenvalue weighted by molar-refractivity contribution is 6.30. The van der Waals surface area contributed by atoms with Crippen molar-refractivity contribution in [3.8, 4) is 0 Å². The van der Waals surface area contributed by atoms with Gasteiger partial charge in [-0.1, -0.05) is 49.1 Å². The van der Waals surface area contributed by atoms with Crippen molar-refractivity contribution in [3.05, 3.63) is 70.4 Å². The first-order chi connectivity index (χ1) is 14.6. The lowest BCUT2D eigenvalue weighted by molar-refractivity contribution is 0.0655. The lowest BCUT2D eigenvalue weighted by Gasteiger charge is -2.30. The number of benzene rings is 2. The third-order valence-corrected chi connectivity index (χ3v) is 6.38. The molecule has 1 aliphatic carbocycles. The van der Waals surface area contributed by atoms with Crippen molar-refractivity contribution in [2.45, 2.75) is 44.7 Å². The third kappa shape index (κ3) is 3.33. The Morgan fingerprint density at radius 2 is 1.77 bits per heavy atom. The van der Waals surface area contributed by atoms with Crippen molar-refractivity contribution in [1.29, 1.82) is 0 Å². The smallest absolute Gasteiger partial charge is 0.273 e. The van der Waals surface area contributed by atoms with E-state index in [-0.39, 0.29) is 17.9 Å². The number of nitrogens with one attached hydrogen (secondary N) is 1. The van der Waals surface area contributed by atoms with E-state index in [0.717, 1.165) is 36.6 Å².